The number of nitrogens with one attached hydrogen (secondary N) is 1. The summed E-state index contributed by atoms with van der Waals surface area (Å²) in [6, 6.07) is 10.3. The first-order chi connectivity index (χ1) is 11.9. The summed E-state index contributed by atoms with van der Waals surface area (Å²) in [4.78, 5) is 23.6. The van der Waals surface area contributed by atoms with Crippen LogP contribution in [0.5, 0.6) is 0 Å². The number of benzene rings is 2. The van der Waals surface area contributed by atoms with E-state index in [1.807, 2.05) is 0 Å². The SMILES string of the molecule is Cc1ccc(Cl)c(NC(=O)COC(=O)/C=C/c2ccc(Cl)cc2)c1Cl. The number of aryl methyl sites for hydroxylation is 1. The van der Waals surface area contributed by atoms with E-state index in [2.05, 4.69) is 5.32 Å². The molecule has 0 aliphatic heterocycles. The summed E-state index contributed by atoms with van der Waals surface area (Å²) < 4.78 is 4.88. The molecular formula is C18H14Cl3NO3. The van der Waals surface area contributed by atoms with Crippen molar-refractivity contribution in [3.63, 3.8) is 0 Å². The Morgan fingerprint density at radius 1 is 1.08 bits per heavy atom. The van der Waals surface area contributed by atoms with Gasteiger partial charge in [0.2, 0.25) is 0 Å². The maximum atomic E-state index is 11.9. The molecular weight excluding hydrogens is 385 g/mol. The minimum absolute atomic E-state index is 0.293. The highest BCUT2D eigenvalue weighted by atomic mass is 35.5. The number of esters is 1. The van der Waals surface area contributed by atoms with Crippen LogP contribution in [0, 0.1) is 6.92 Å². The van der Waals surface area contributed by atoms with Crippen LogP contribution in [-0.2, 0) is 14.3 Å². The van der Waals surface area contributed by atoms with Gasteiger partial charge in [-0.25, -0.2) is 4.79 Å². The Bertz CT molecular complexity index is 817. The molecule has 0 heterocycles. The lowest BCUT2D eigenvalue weighted by Gasteiger charge is -2.11. The molecule has 2 aromatic rings. The molecule has 2 aromatic carbocycles. The van der Waals surface area contributed by atoms with E-state index < -0.39 is 18.5 Å². The quantitative estimate of drug-likeness (QED) is 0.560. The van der Waals surface area contributed by atoms with Crippen molar-refractivity contribution < 1.29 is 14.3 Å². The largest absolute Gasteiger partial charge is 0.452 e. The molecule has 0 aliphatic rings. The highest BCUT2D eigenvalue weighted by Gasteiger charge is 2.12. The van der Waals surface area contributed by atoms with E-state index in [1.165, 1.54) is 6.08 Å². The summed E-state index contributed by atoms with van der Waals surface area (Å²) in [7, 11) is 0. The van der Waals surface area contributed by atoms with Gasteiger partial charge in [0.25, 0.3) is 5.91 Å². The third kappa shape index (κ3) is 5.78. The van der Waals surface area contributed by atoms with E-state index >= 15 is 0 Å². The predicted octanol–water partition coefficient (Wildman–Crippen LogP) is 5.15. The van der Waals surface area contributed by atoms with Crippen molar-refractivity contribution in [2.45, 2.75) is 6.92 Å². The molecule has 0 unspecified atom stereocenters. The Labute approximate surface area is 160 Å². The van der Waals surface area contributed by atoms with Crippen LogP contribution in [0.15, 0.2) is 42.5 Å². The Hall–Kier alpha value is -2.01. The molecule has 0 fully saturated rings. The molecule has 0 bridgehead atoms. The Balaban J connectivity index is 1.88. The van der Waals surface area contributed by atoms with Gasteiger partial charge in [0.15, 0.2) is 6.61 Å². The Morgan fingerprint density at radius 2 is 1.76 bits per heavy atom. The lowest BCUT2D eigenvalue weighted by molar-refractivity contribution is -0.142. The first kappa shape index (κ1) is 19.3. The number of rotatable bonds is 5. The molecule has 0 saturated heterocycles. The predicted molar refractivity (Wildman–Crippen MR) is 101 cm³/mol. The molecule has 1 amide bonds. The third-order valence-corrected chi connectivity index (χ3v) is 4.23. The first-order valence-electron chi connectivity index (χ1n) is 7.21. The fourth-order valence-corrected chi connectivity index (χ4v) is 2.46. The molecule has 2 rings (SSSR count). The van der Waals surface area contributed by atoms with E-state index in [-0.39, 0.29) is 0 Å². The van der Waals surface area contributed by atoms with Crippen molar-refractivity contribution in [2.75, 3.05) is 11.9 Å². The van der Waals surface area contributed by atoms with Crippen molar-refractivity contribution in [1.82, 2.24) is 0 Å². The van der Waals surface area contributed by atoms with Gasteiger partial charge < -0.3 is 10.1 Å². The molecule has 0 spiro atoms. The number of carbonyl (C=O) groups excluding carboxylic acids is 2. The molecule has 0 atom stereocenters. The lowest BCUT2D eigenvalue weighted by atomic mass is 10.2. The van der Waals surface area contributed by atoms with E-state index in [0.29, 0.717) is 20.8 Å². The van der Waals surface area contributed by atoms with Gasteiger partial charge in [-0.3, -0.25) is 4.79 Å². The van der Waals surface area contributed by atoms with E-state index in [0.717, 1.165) is 11.1 Å². The third-order valence-electron chi connectivity index (χ3n) is 3.18. The zero-order chi connectivity index (χ0) is 18.4. The molecule has 0 aliphatic carbocycles. The van der Waals surface area contributed by atoms with Crippen LogP contribution in [0.1, 0.15) is 11.1 Å². The number of carbonyl (C=O) groups is 2. The van der Waals surface area contributed by atoms with Crippen molar-refractivity contribution in [3.05, 3.63) is 68.7 Å². The second-order valence-electron chi connectivity index (χ2n) is 5.09. The average Bonchev–Trinajstić information content (AvgIpc) is 2.59. The highest BCUT2D eigenvalue weighted by Crippen LogP contribution is 2.32. The molecule has 0 saturated carbocycles. The molecule has 1 N–H and O–H groups in total. The number of anilines is 1. The van der Waals surface area contributed by atoms with Crippen LogP contribution in [0.2, 0.25) is 15.1 Å². The van der Waals surface area contributed by atoms with Gasteiger partial charge >= 0.3 is 5.97 Å². The summed E-state index contributed by atoms with van der Waals surface area (Å²) in [5, 5.41) is 3.78. The first-order valence-corrected chi connectivity index (χ1v) is 8.35. The Morgan fingerprint density at radius 3 is 2.44 bits per heavy atom. The van der Waals surface area contributed by atoms with Crippen LogP contribution < -0.4 is 5.32 Å². The minimum atomic E-state index is -0.647. The van der Waals surface area contributed by atoms with E-state index in [1.54, 1.807) is 49.4 Å². The fourth-order valence-electron chi connectivity index (χ4n) is 1.87. The smallest absolute Gasteiger partial charge is 0.331 e. The van der Waals surface area contributed by atoms with Crippen LogP contribution >= 0.6 is 34.8 Å². The zero-order valence-electron chi connectivity index (χ0n) is 13.2. The number of ether oxygens (including phenoxy) is 1. The van der Waals surface area contributed by atoms with Crippen molar-refractivity contribution in [1.29, 1.82) is 0 Å². The van der Waals surface area contributed by atoms with Crippen molar-refractivity contribution >= 4 is 58.4 Å². The second kappa shape index (κ2) is 8.90. The number of amides is 1. The van der Waals surface area contributed by atoms with Gasteiger partial charge in [-0.15, -0.1) is 0 Å². The lowest BCUT2D eigenvalue weighted by Crippen LogP contribution is -2.20. The van der Waals surface area contributed by atoms with Gasteiger partial charge in [0.05, 0.1) is 15.7 Å². The zero-order valence-corrected chi connectivity index (χ0v) is 15.5. The molecule has 25 heavy (non-hydrogen) atoms. The van der Waals surface area contributed by atoms with Crippen LogP contribution in [0.4, 0.5) is 5.69 Å². The fraction of sp³-hybridized carbons (Fsp3) is 0.111. The van der Waals surface area contributed by atoms with Gasteiger partial charge in [-0.2, -0.15) is 0 Å². The molecule has 0 radical (unpaired) electrons. The summed E-state index contributed by atoms with van der Waals surface area (Å²) in [6.45, 7) is 1.33. The molecule has 0 aromatic heterocycles. The molecule has 4 nitrogen and oxygen atoms in total. The van der Waals surface area contributed by atoms with E-state index in [4.69, 9.17) is 39.5 Å². The monoisotopic (exact) mass is 397 g/mol. The van der Waals surface area contributed by atoms with E-state index in [9.17, 15) is 9.59 Å². The van der Waals surface area contributed by atoms with Gasteiger partial charge in [0.1, 0.15) is 0 Å². The van der Waals surface area contributed by atoms with Crippen molar-refractivity contribution in [2.24, 2.45) is 0 Å². The maximum absolute atomic E-state index is 11.9. The second-order valence-corrected chi connectivity index (χ2v) is 6.32. The summed E-state index contributed by atoms with van der Waals surface area (Å²) in [6.07, 6.45) is 2.79. The van der Waals surface area contributed by atoms with Gasteiger partial charge in [-0.1, -0.05) is 53.0 Å². The standard InChI is InChI=1S/C18H14Cl3NO3/c1-11-2-8-14(20)18(17(11)21)22-15(23)10-25-16(24)9-5-12-3-6-13(19)7-4-12/h2-9H,10H2,1H3,(H,22,23)/b9-5+. The maximum Gasteiger partial charge on any atom is 0.331 e. The summed E-state index contributed by atoms with van der Waals surface area (Å²) >= 11 is 17.9. The van der Waals surface area contributed by atoms with Crippen LogP contribution in [0.25, 0.3) is 6.08 Å². The molecule has 130 valence electrons. The normalized spacial score (nSPS) is 10.7. The summed E-state index contributed by atoms with van der Waals surface area (Å²) in [5.41, 5.74) is 1.84. The number of hydrogen-bond donors (Lipinski definition) is 1. The topological polar surface area (TPSA) is 55.4 Å². The molecule has 7 heteroatoms. The van der Waals surface area contributed by atoms with Crippen LogP contribution in [0.3, 0.4) is 0 Å². The highest BCUT2D eigenvalue weighted by molar-refractivity contribution is 6.40. The minimum Gasteiger partial charge on any atom is -0.452 e. The number of hydrogen-bond acceptors (Lipinski definition) is 3. The van der Waals surface area contributed by atoms with Gasteiger partial charge in [-0.05, 0) is 42.3 Å². The average molecular weight is 399 g/mol. The van der Waals surface area contributed by atoms with Crippen LogP contribution in [-0.4, -0.2) is 18.5 Å². The van der Waals surface area contributed by atoms with Gasteiger partial charge in [0, 0.05) is 11.1 Å². The van der Waals surface area contributed by atoms with Crippen molar-refractivity contribution in [3.8, 4) is 0 Å². The Kier molecular flexibility index (Phi) is 6.88. The number of halogens is 3. The summed E-state index contributed by atoms with van der Waals surface area (Å²) in [5.74, 6) is -1.19.